The summed E-state index contributed by atoms with van der Waals surface area (Å²) in [5, 5.41) is 7.80. The van der Waals surface area contributed by atoms with E-state index in [1.807, 2.05) is 0 Å². The van der Waals surface area contributed by atoms with E-state index in [9.17, 15) is 0 Å². The molecule has 0 saturated heterocycles. The van der Waals surface area contributed by atoms with E-state index in [2.05, 4.69) is 146 Å². The van der Waals surface area contributed by atoms with Crippen molar-refractivity contribution >= 4 is 32.3 Å². The Labute approximate surface area is 211 Å². The van der Waals surface area contributed by atoms with E-state index in [0.29, 0.717) is 0 Å². The molecule has 0 atom stereocenters. The molecule has 36 heavy (non-hydrogen) atoms. The minimum Gasteiger partial charge on any atom is -0.0622 e. The van der Waals surface area contributed by atoms with Gasteiger partial charge in [0.2, 0.25) is 0 Å². The molecule has 7 aromatic rings. The summed E-state index contributed by atoms with van der Waals surface area (Å²) in [6.07, 6.45) is 0. The Balaban J connectivity index is 1.66. The van der Waals surface area contributed by atoms with Crippen LogP contribution in [0.15, 0.2) is 146 Å². The second kappa shape index (κ2) is 8.52. The van der Waals surface area contributed by atoms with Crippen molar-refractivity contribution in [1.82, 2.24) is 0 Å². The Morgan fingerprint density at radius 1 is 0.250 bits per heavy atom. The molecule has 0 heterocycles. The van der Waals surface area contributed by atoms with E-state index in [4.69, 9.17) is 0 Å². The van der Waals surface area contributed by atoms with Crippen LogP contribution in [-0.4, -0.2) is 0 Å². The van der Waals surface area contributed by atoms with Crippen molar-refractivity contribution in [3.63, 3.8) is 0 Å². The van der Waals surface area contributed by atoms with Crippen LogP contribution in [0.4, 0.5) is 0 Å². The van der Waals surface area contributed by atoms with Crippen molar-refractivity contribution in [2.75, 3.05) is 0 Å². The van der Waals surface area contributed by atoms with Gasteiger partial charge in [0, 0.05) is 0 Å². The molecule has 0 spiro atoms. The van der Waals surface area contributed by atoms with Crippen molar-refractivity contribution < 1.29 is 0 Å². The normalized spacial score (nSPS) is 11.3. The topological polar surface area (TPSA) is 0 Å². The highest BCUT2D eigenvalue weighted by Gasteiger charge is 2.16. The third kappa shape index (κ3) is 3.31. The molecule has 7 rings (SSSR count). The van der Waals surface area contributed by atoms with Gasteiger partial charge >= 0.3 is 0 Å². The Morgan fingerprint density at radius 3 is 1.28 bits per heavy atom. The molecule has 0 aliphatic heterocycles. The molecule has 7 aromatic carbocycles. The van der Waals surface area contributed by atoms with Gasteiger partial charge in [-0.2, -0.15) is 0 Å². The summed E-state index contributed by atoms with van der Waals surface area (Å²) in [5.74, 6) is 0. The average Bonchev–Trinajstić information content (AvgIpc) is 2.97. The summed E-state index contributed by atoms with van der Waals surface area (Å²) < 4.78 is 0. The highest BCUT2D eigenvalue weighted by Crippen LogP contribution is 2.44. The van der Waals surface area contributed by atoms with E-state index >= 15 is 0 Å². The highest BCUT2D eigenvalue weighted by molar-refractivity contribution is 6.29. The highest BCUT2D eigenvalue weighted by atomic mass is 14.2. The molecule has 0 fully saturated rings. The lowest BCUT2D eigenvalue weighted by Crippen LogP contribution is -1.91. The van der Waals surface area contributed by atoms with Crippen LogP contribution >= 0.6 is 0 Å². The maximum atomic E-state index is 2.40. The molecule has 168 valence electrons. The minimum atomic E-state index is 1.23. The van der Waals surface area contributed by atoms with Crippen molar-refractivity contribution in [3.8, 4) is 33.4 Å². The van der Waals surface area contributed by atoms with Gasteiger partial charge in [-0.3, -0.25) is 0 Å². The summed E-state index contributed by atoms with van der Waals surface area (Å²) in [5.41, 5.74) is 7.48. The van der Waals surface area contributed by atoms with E-state index in [1.54, 1.807) is 0 Å². The van der Waals surface area contributed by atoms with Crippen molar-refractivity contribution in [2.24, 2.45) is 0 Å². The molecule has 0 aliphatic rings. The van der Waals surface area contributed by atoms with Crippen molar-refractivity contribution in [2.45, 2.75) is 0 Å². The molecule has 0 nitrogen and oxygen atoms in total. The molecule has 0 saturated carbocycles. The van der Waals surface area contributed by atoms with Gasteiger partial charge < -0.3 is 0 Å². The fourth-order valence-electron chi connectivity index (χ4n) is 5.64. The van der Waals surface area contributed by atoms with Crippen LogP contribution in [0.25, 0.3) is 65.7 Å². The van der Waals surface area contributed by atoms with Crippen LogP contribution in [0.5, 0.6) is 0 Å². The molecule has 0 bridgehead atoms. The summed E-state index contributed by atoms with van der Waals surface area (Å²) in [6, 6.07) is 52.7. The number of fused-ring (bicyclic) bond motifs is 6. The quantitative estimate of drug-likeness (QED) is 0.232. The molecule has 0 aromatic heterocycles. The fraction of sp³-hybridized carbons (Fsp3) is 0. The van der Waals surface area contributed by atoms with Gasteiger partial charge in [-0.15, -0.1) is 0 Å². The summed E-state index contributed by atoms with van der Waals surface area (Å²) in [6.45, 7) is 0. The average molecular weight is 457 g/mol. The monoisotopic (exact) mass is 456 g/mol. The largest absolute Gasteiger partial charge is 0.0622 e. The lowest BCUT2D eigenvalue weighted by molar-refractivity contribution is 1.59. The van der Waals surface area contributed by atoms with Crippen LogP contribution in [0.2, 0.25) is 0 Å². The third-order valence-corrected chi connectivity index (χ3v) is 7.25. The van der Waals surface area contributed by atoms with E-state index in [-0.39, 0.29) is 0 Å². The number of hydrogen-bond donors (Lipinski definition) is 0. The first-order valence-electron chi connectivity index (χ1n) is 12.5. The zero-order valence-electron chi connectivity index (χ0n) is 19.9. The molecule has 0 heteroatoms. The second-order valence-electron chi connectivity index (χ2n) is 9.32. The molecule has 0 aliphatic carbocycles. The van der Waals surface area contributed by atoms with Gasteiger partial charge in [-0.05, 0) is 77.8 Å². The predicted octanol–water partition coefficient (Wildman–Crippen LogP) is 10.1. The zero-order valence-corrected chi connectivity index (χ0v) is 19.9. The van der Waals surface area contributed by atoms with Gasteiger partial charge in [-0.25, -0.2) is 0 Å². The Kier molecular flexibility index (Phi) is 4.89. The van der Waals surface area contributed by atoms with Gasteiger partial charge in [0.1, 0.15) is 0 Å². The van der Waals surface area contributed by atoms with Gasteiger partial charge in [0.05, 0.1) is 0 Å². The maximum absolute atomic E-state index is 2.40. The third-order valence-electron chi connectivity index (χ3n) is 7.25. The molecular weight excluding hydrogens is 432 g/mol. The van der Waals surface area contributed by atoms with Crippen LogP contribution in [0.1, 0.15) is 0 Å². The van der Waals surface area contributed by atoms with Gasteiger partial charge in [0.25, 0.3) is 0 Å². The van der Waals surface area contributed by atoms with Crippen LogP contribution in [0, 0.1) is 0 Å². The lowest BCUT2D eigenvalue weighted by atomic mass is 9.85. The van der Waals surface area contributed by atoms with Crippen LogP contribution < -0.4 is 0 Å². The van der Waals surface area contributed by atoms with E-state index < -0.39 is 0 Å². The lowest BCUT2D eigenvalue weighted by Gasteiger charge is -2.18. The van der Waals surface area contributed by atoms with Crippen LogP contribution in [0.3, 0.4) is 0 Å². The van der Waals surface area contributed by atoms with Crippen molar-refractivity contribution in [1.29, 1.82) is 0 Å². The predicted molar refractivity (Wildman–Crippen MR) is 155 cm³/mol. The molecular formula is C36H24. The Bertz CT molecular complexity index is 1860. The van der Waals surface area contributed by atoms with Crippen LogP contribution in [-0.2, 0) is 0 Å². The zero-order chi connectivity index (χ0) is 23.9. The molecule has 0 amide bonds. The standard InChI is InChI=1S/C36H24/c1-3-13-25(14-4-1)28-17-7-8-18-29(28)27-23-34(26-15-5-2-6-16-26)36-33-22-12-11-20-31(33)30-19-9-10-21-32(30)35(36)24-27/h1-24H. The first-order valence-corrected chi connectivity index (χ1v) is 12.5. The first-order chi connectivity index (χ1) is 17.9. The summed E-state index contributed by atoms with van der Waals surface area (Å²) in [7, 11) is 0. The molecule has 0 unspecified atom stereocenters. The fourth-order valence-corrected chi connectivity index (χ4v) is 5.64. The smallest absolute Gasteiger partial charge is 0.00199 e. The Morgan fingerprint density at radius 2 is 0.667 bits per heavy atom. The molecule has 0 radical (unpaired) electrons. The van der Waals surface area contributed by atoms with E-state index in [0.717, 1.165) is 0 Å². The molecule has 0 N–H and O–H groups in total. The first kappa shape index (κ1) is 20.7. The summed E-state index contributed by atoms with van der Waals surface area (Å²) >= 11 is 0. The summed E-state index contributed by atoms with van der Waals surface area (Å²) in [4.78, 5) is 0. The van der Waals surface area contributed by atoms with Gasteiger partial charge in [-0.1, -0.05) is 133 Å². The number of rotatable bonds is 3. The number of benzene rings is 7. The minimum absolute atomic E-state index is 1.23. The maximum Gasteiger partial charge on any atom is -0.00199 e. The van der Waals surface area contributed by atoms with E-state index in [1.165, 1.54) is 65.7 Å². The number of hydrogen-bond acceptors (Lipinski definition) is 0. The van der Waals surface area contributed by atoms with Gasteiger partial charge in [0.15, 0.2) is 0 Å². The Hall–Kier alpha value is -4.68. The second-order valence-corrected chi connectivity index (χ2v) is 9.32. The van der Waals surface area contributed by atoms with Crippen molar-refractivity contribution in [3.05, 3.63) is 146 Å². The SMILES string of the molecule is c1ccc(-c2ccccc2-c2cc(-c3ccccc3)c3c4ccccc4c4ccccc4c3c2)cc1.